The minimum Gasteiger partial charge on any atom is -0.345 e. The Labute approximate surface area is 108 Å². The van der Waals surface area contributed by atoms with Gasteiger partial charge in [-0.05, 0) is 18.2 Å². The third-order valence-corrected chi connectivity index (χ3v) is 2.61. The number of rotatable bonds is 3. The molecule has 1 heterocycles. The van der Waals surface area contributed by atoms with Crippen LogP contribution in [0.2, 0.25) is 0 Å². The van der Waals surface area contributed by atoms with Gasteiger partial charge in [-0.15, -0.1) is 12.6 Å². The highest BCUT2D eigenvalue weighted by Gasteiger charge is 2.08. The molecule has 0 saturated heterocycles. The van der Waals surface area contributed by atoms with Crippen molar-refractivity contribution in [3.05, 3.63) is 41.7 Å². The molecule has 1 N–H and O–H groups in total. The Bertz CT molecular complexity index is 584. The molecular weight excluding hydrogens is 255 g/mol. The number of aromatic nitrogens is 3. The molecule has 18 heavy (non-hydrogen) atoms. The lowest BCUT2D eigenvalue weighted by atomic mass is 10.2. The Balaban J connectivity index is 2.01. The summed E-state index contributed by atoms with van der Waals surface area (Å²) in [4.78, 5) is 15.9. The number of amides is 1. The average Bonchev–Trinajstić information content (AvgIpc) is 2.75. The first kappa shape index (κ1) is 12.6. The summed E-state index contributed by atoms with van der Waals surface area (Å²) in [7, 11) is 1.74. The summed E-state index contributed by atoms with van der Waals surface area (Å²) in [5.74, 6) is -0.266. The molecule has 0 radical (unpaired) electrons. The molecule has 5 nitrogen and oxygen atoms in total. The second-order valence-corrected chi connectivity index (χ2v) is 4.17. The van der Waals surface area contributed by atoms with E-state index in [1.807, 2.05) is 0 Å². The molecule has 0 aliphatic carbocycles. The van der Waals surface area contributed by atoms with Crippen molar-refractivity contribution in [1.82, 2.24) is 20.1 Å². The topological polar surface area (TPSA) is 59.8 Å². The van der Waals surface area contributed by atoms with E-state index in [0.717, 1.165) is 0 Å². The Morgan fingerprint density at radius 2 is 2.33 bits per heavy atom. The number of hydrogen-bond donors (Lipinski definition) is 2. The van der Waals surface area contributed by atoms with Crippen molar-refractivity contribution < 1.29 is 9.18 Å². The Hall–Kier alpha value is -1.89. The summed E-state index contributed by atoms with van der Waals surface area (Å²) in [5.41, 5.74) is 0.345. The highest BCUT2D eigenvalue weighted by Crippen LogP contribution is 2.14. The van der Waals surface area contributed by atoms with Gasteiger partial charge in [-0.2, -0.15) is 5.10 Å². The standard InChI is InChI=1S/C11H11FN4OS/c1-16-6-14-10(15-16)5-13-11(17)7-2-3-8(12)9(18)4-7/h2-4,6,18H,5H2,1H3,(H,13,17). The quantitative estimate of drug-likeness (QED) is 0.820. The van der Waals surface area contributed by atoms with Crippen molar-refractivity contribution in [3.8, 4) is 0 Å². The smallest absolute Gasteiger partial charge is 0.251 e. The molecule has 0 atom stereocenters. The molecule has 1 aromatic heterocycles. The second kappa shape index (κ2) is 5.18. The number of halogens is 1. The molecule has 0 unspecified atom stereocenters. The highest BCUT2D eigenvalue weighted by atomic mass is 32.1. The number of hydrogen-bond acceptors (Lipinski definition) is 4. The first-order valence-electron chi connectivity index (χ1n) is 5.17. The summed E-state index contributed by atoms with van der Waals surface area (Å²) in [6, 6.07) is 3.98. The van der Waals surface area contributed by atoms with Gasteiger partial charge in [-0.25, -0.2) is 9.37 Å². The zero-order chi connectivity index (χ0) is 13.1. The number of aryl methyl sites for hydroxylation is 1. The minimum atomic E-state index is -0.457. The predicted octanol–water partition coefficient (Wildman–Crippen LogP) is 1.17. The zero-order valence-corrected chi connectivity index (χ0v) is 10.5. The molecule has 2 rings (SSSR count). The van der Waals surface area contributed by atoms with Gasteiger partial charge in [0.2, 0.25) is 0 Å². The van der Waals surface area contributed by atoms with Crippen molar-refractivity contribution in [2.45, 2.75) is 11.4 Å². The number of nitrogens with one attached hydrogen (secondary N) is 1. The van der Waals surface area contributed by atoms with Crippen LogP contribution in [0, 0.1) is 5.82 Å². The molecule has 1 aromatic carbocycles. The van der Waals surface area contributed by atoms with Crippen LogP contribution in [-0.4, -0.2) is 20.7 Å². The van der Waals surface area contributed by atoms with Crippen LogP contribution in [-0.2, 0) is 13.6 Å². The monoisotopic (exact) mass is 266 g/mol. The van der Waals surface area contributed by atoms with Gasteiger partial charge in [0.25, 0.3) is 5.91 Å². The lowest BCUT2D eigenvalue weighted by Gasteiger charge is -2.04. The SMILES string of the molecule is Cn1cnc(CNC(=O)c2ccc(F)c(S)c2)n1. The summed E-state index contributed by atoms with van der Waals surface area (Å²) in [6.45, 7) is 0.221. The van der Waals surface area contributed by atoms with Gasteiger partial charge in [0.05, 0.1) is 6.54 Å². The van der Waals surface area contributed by atoms with Gasteiger partial charge in [-0.1, -0.05) is 0 Å². The van der Waals surface area contributed by atoms with E-state index in [-0.39, 0.29) is 17.3 Å². The Morgan fingerprint density at radius 3 is 2.94 bits per heavy atom. The van der Waals surface area contributed by atoms with Crippen molar-refractivity contribution in [1.29, 1.82) is 0 Å². The maximum Gasteiger partial charge on any atom is 0.251 e. The lowest BCUT2D eigenvalue weighted by Crippen LogP contribution is -2.23. The fourth-order valence-electron chi connectivity index (χ4n) is 1.38. The molecule has 94 valence electrons. The number of benzene rings is 1. The number of carbonyl (C=O) groups is 1. The molecule has 0 bridgehead atoms. The van der Waals surface area contributed by atoms with Gasteiger partial charge in [0, 0.05) is 17.5 Å². The molecule has 0 aliphatic rings. The van der Waals surface area contributed by atoms with Gasteiger partial charge >= 0.3 is 0 Å². The van der Waals surface area contributed by atoms with E-state index in [4.69, 9.17) is 0 Å². The molecular formula is C11H11FN4OS. The zero-order valence-electron chi connectivity index (χ0n) is 9.59. The molecule has 7 heteroatoms. The normalized spacial score (nSPS) is 10.4. The van der Waals surface area contributed by atoms with E-state index in [9.17, 15) is 9.18 Å². The van der Waals surface area contributed by atoms with Crippen LogP contribution in [0.3, 0.4) is 0 Å². The largest absolute Gasteiger partial charge is 0.345 e. The molecule has 0 spiro atoms. The fourth-order valence-corrected chi connectivity index (χ4v) is 1.59. The third kappa shape index (κ3) is 2.86. The average molecular weight is 266 g/mol. The van der Waals surface area contributed by atoms with Crippen LogP contribution in [0.15, 0.2) is 29.4 Å². The van der Waals surface area contributed by atoms with Gasteiger partial charge in [-0.3, -0.25) is 9.48 Å². The van der Waals surface area contributed by atoms with Gasteiger partial charge in [0.15, 0.2) is 5.82 Å². The van der Waals surface area contributed by atoms with Crippen LogP contribution in [0.25, 0.3) is 0 Å². The number of thiol groups is 1. The summed E-state index contributed by atoms with van der Waals surface area (Å²) >= 11 is 3.92. The molecule has 0 fully saturated rings. The van der Waals surface area contributed by atoms with Crippen molar-refractivity contribution >= 4 is 18.5 Å². The molecule has 1 amide bonds. The summed E-state index contributed by atoms with van der Waals surface area (Å²) in [6.07, 6.45) is 1.55. The van der Waals surface area contributed by atoms with Crippen molar-refractivity contribution in [3.63, 3.8) is 0 Å². The van der Waals surface area contributed by atoms with E-state index in [2.05, 4.69) is 28.0 Å². The summed E-state index contributed by atoms with van der Waals surface area (Å²) < 4.78 is 14.5. The van der Waals surface area contributed by atoms with Gasteiger partial charge in [0.1, 0.15) is 12.1 Å². The van der Waals surface area contributed by atoms with E-state index in [1.165, 1.54) is 18.2 Å². The van der Waals surface area contributed by atoms with Crippen LogP contribution in [0.5, 0.6) is 0 Å². The first-order valence-corrected chi connectivity index (χ1v) is 5.62. The molecule has 0 aliphatic heterocycles. The van der Waals surface area contributed by atoms with E-state index < -0.39 is 5.82 Å². The first-order chi connectivity index (χ1) is 8.56. The van der Waals surface area contributed by atoms with Crippen molar-refractivity contribution in [2.24, 2.45) is 7.05 Å². The van der Waals surface area contributed by atoms with Gasteiger partial charge < -0.3 is 5.32 Å². The Kier molecular flexibility index (Phi) is 3.61. The van der Waals surface area contributed by atoms with Crippen LogP contribution < -0.4 is 5.32 Å². The van der Waals surface area contributed by atoms with E-state index in [1.54, 1.807) is 18.1 Å². The van der Waals surface area contributed by atoms with Crippen LogP contribution in [0.4, 0.5) is 4.39 Å². The second-order valence-electron chi connectivity index (χ2n) is 3.68. The Morgan fingerprint density at radius 1 is 1.56 bits per heavy atom. The van der Waals surface area contributed by atoms with E-state index in [0.29, 0.717) is 11.4 Å². The highest BCUT2D eigenvalue weighted by molar-refractivity contribution is 7.80. The van der Waals surface area contributed by atoms with Crippen molar-refractivity contribution in [2.75, 3.05) is 0 Å². The number of nitrogens with zero attached hydrogens (tertiary/aromatic N) is 3. The lowest BCUT2D eigenvalue weighted by molar-refractivity contribution is 0.0949. The molecule has 2 aromatic rings. The van der Waals surface area contributed by atoms with Crippen LogP contribution in [0.1, 0.15) is 16.2 Å². The van der Waals surface area contributed by atoms with Crippen LogP contribution >= 0.6 is 12.6 Å². The van der Waals surface area contributed by atoms with E-state index >= 15 is 0 Å². The maximum atomic E-state index is 13.0. The third-order valence-electron chi connectivity index (χ3n) is 2.26. The summed E-state index contributed by atoms with van der Waals surface area (Å²) in [5, 5.41) is 6.67. The fraction of sp³-hybridized carbons (Fsp3) is 0.182. The maximum absolute atomic E-state index is 13.0. The predicted molar refractivity (Wildman–Crippen MR) is 65.8 cm³/mol. The minimum absolute atomic E-state index is 0.138. The number of carbonyl (C=O) groups excluding carboxylic acids is 1. The molecule has 0 saturated carbocycles.